The number of aliphatic hydroxyl groups is 2. The minimum Gasteiger partial charge on any atom is -0.437 e. The van der Waals surface area contributed by atoms with Crippen LogP contribution < -0.4 is 11.3 Å². The summed E-state index contributed by atoms with van der Waals surface area (Å²) in [4.78, 5) is 51.5. The van der Waals surface area contributed by atoms with Crippen molar-refractivity contribution in [2.75, 3.05) is 20.2 Å². The molecule has 16 nitrogen and oxygen atoms in total. The van der Waals surface area contributed by atoms with Crippen LogP contribution in [-0.2, 0) is 41.9 Å². The topological polar surface area (TPSA) is 225 Å². The zero-order valence-corrected chi connectivity index (χ0v) is 23.3. The number of aromatic nitrogens is 2. The van der Waals surface area contributed by atoms with E-state index in [1.165, 1.54) is 0 Å². The highest BCUT2D eigenvalue weighted by Gasteiger charge is 2.46. The van der Waals surface area contributed by atoms with Crippen molar-refractivity contribution in [3.63, 3.8) is 0 Å². The SMILES string of the molecule is CC(C)(C)C(=O)OCOP(=O)(OCOC(=O)C(C)(C)C)OC[C@H]1O[C@@H](n2ccnc(C(N)=O)c2=O)[C@H](O)[C@@H]1O. The van der Waals surface area contributed by atoms with E-state index in [0.717, 1.165) is 17.0 Å². The molecule has 1 fully saturated rings. The number of esters is 2. The van der Waals surface area contributed by atoms with Gasteiger partial charge in [0.05, 0.1) is 17.4 Å². The summed E-state index contributed by atoms with van der Waals surface area (Å²) in [6, 6.07) is 0. The van der Waals surface area contributed by atoms with Gasteiger partial charge in [0.25, 0.3) is 11.5 Å². The van der Waals surface area contributed by atoms with Gasteiger partial charge in [-0.05, 0) is 41.5 Å². The van der Waals surface area contributed by atoms with E-state index in [9.17, 15) is 34.0 Å². The van der Waals surface area contributed by atoms with Crippen LogP contribution >= 0.6 is 7.82 Å². The Morgan fingerprint density at radius 3 is 1.97 bits per heavy atom. The van der Waals surface area contributed by atoms with Gasteiger partial charge < -0.3 is 30.2 Å². The first-order valence-electron chi connectivity index (χ1n) is 11.6. The number of ether oxygens (including phenoxy) is 3. The summed E-state index contributed by atoms with van der Waals surface area (Å²) in [5.41, 5.74) is 1.72. The van der Waals surface area contributed by atoms with Crippen molar-refractivity contribution >= 4 is 25.7 Å². The number of nitrogens with two attached hydrogens (primary N) is 1. The zero-order valence-electron chi connectivity index (χ0n) is 22.4. The maximum absolute atomic E-state index is 13.2. The second kappa shape index (κ2) is 12.6. The number of carbonyl (C=O) groups is 3. The van der Waals surface area contributed by atoms with Gasteiger partial charge in [0.15, 0.2) is 11.9 Å². The molecule has 1 aromatic heterocycles. The van der Waals surface area contributed by atoms with Crippen molar-refractivity contribution in [3.05, 3.63) is 28.4 Å². The molecule has 1 amide bonds. The Kier molecular flexibility index (Phi) is 10.5. The van der Waals surface area contributed by atoms with Crippen molar-refractivity contribution in [2.45, 2.75) is 66.1 Å². The average molecular weight is 579 g/mol. The molecule has 1 saturated heterocycles. The number of rotatable bonds is 11. The van der Waals surface area contributed by atoms with Gasteiger partial charge >= 0.3 is 19.8 Å². The molecule has 0 aromatic carbocycles. The minimum atomic E-state index is -4.62. The van der Waals surface area contributed by atoms with Crippen molar-refractivity contribution in [1.29, 1.82) is 0 Å². The molecule has 4 atom stereocenters. The summed E-state index contributed by atoms with van der Waals surface area (Å²) in [6.45, 7) is 7.02. The first-order chi connectivity index (χ1) is 17.9. The molecule has 0 bridgehead atoms. The molecule has 0 aliphatic carbocycles. The van der Waals surface area contributed by atoms with Crippen LogP contribution in [0.3, 0.4) is 0 Å². The molecule has 0 radical (unpaired) electrons. The largest absolute Gasteiger partial charge is 0.480 e. The van der Waals surface area contributed by atoms with E-state index < -0.39 is 92.5 Å². The lowest BCUT2D eigenvalue weighted by Crippen LogP contribution is -2.38. The van der Waals surface area contributed by atoms with Gasteiger partial charge in [0.2, 0.25) is 13.6 Å². The van der Waals surface area contributed by atoms with E-state index in [2.05, 4.69) is 4.98 Å². The average Bonchev–Trinajstić information content (AvgIpc) is 3.10. The van der Waals surface area contributed by atoms with Gasteiger partial charge in [-0.1, -0.05) is 0 Å². The monoisotopic (exact) mass is 579 g/mol. The standard InChI is InChI=1S/C22H34N3O13P/c1-21(2,3)19(30)33-10-36-39(32,37-11-34-20(31)22(4,5)6)35-9-12-14(26)15(27)18(38-12)25-8-7-24-13(16(23)28)17(25)29/h7-8,12,14-15,18,26-27H,9-11H2,1-6H3,(H2,23,28)/t12-,14-,15-,18-/m1/s1. The number of primary amides is 1. The predicted molar refractivity (Wildman–Crippen MR) is 129 cm³/mol. The van der Waals surface area contributed by atoms with E-state index in [0.29, 0.717) is 0 Å². The number of hydrogen-bond acceptors (Lipinski definition) is 14. The first kappa shape index (κ1) is 32.5. The molecule has 2 heterocycles. The van der Waals surface area contributed by atoms with Crippen molar-refractivity contribution in [3.8, 4) is 0 Å². The Balaban J connectivity index is 2.14. The van der Waals surface area contributed by atoms with E-state index >= 15 is 0 Å². The number of phosphoric ester groups is 1. The van der Waals surface area contributed by atoms with Crippen molar-refractivity contribution < 1.29 is 56.9 Å². The molecule has 1 aromatic rings. The molecule has 1 aliphatic heterocycles. The van der Waals surface area contributed by atoms with Gasteiger partial charge in [-0.2, -0.15) is 0 Å². The third-order valence-electron chi connectivity index (χ3n) is 5.14. The predicted octanol–water partition coefficient (Wildman–Crippen LogP) is 0.213. The number of nitrogens with zero attached hydrogens (tertiary/aromatic N) is 2. The van der Waals surface area contributed by atoms with Crippen LogP contribution in [0.2, 0.25) is 0 Å². The van der Waals surface area contributed by atoms with Crippen LogP contribution in [0.25, 0.3) is 0 Å². The maximum atomic E-state index is 13.2. The fourth-order valence-electron chi connectivity index (χ4n) is 2.89. The van der Waals surface area contributed by atoms with Crippen LogP contribution in [0.15, 0.2) is 17.2 Å². The number of hydrogen-bond donors (Lipinski definition) is 3. The van der Waals surface area contributed by atoms with Gasteiger partial charge in [-0.25, -0.2) is 18.6 Å². The molecular formula is C22H34N3O13P. The zero-order chi connectivity index (χ0) is 29.8. The van der Waals surface area contributed by atoms with E-state index in [4.69, 9.17) is 33.5 Å². The summed E-state index contributed by atoms with van der Waals surface area (Å²) < 4.78 is 44.6. The van der Waals surface area contributed by atoms with Crippen LogP contribution in [0.4, 0.5) is 0 Å². The minimum absolute atomic E-state index is 0.622. The lowest BCUT2D eigenvalue weighted by atomic mass is 9.98. The molecule has 17 heteroatoms. The Hall–Kier alpha value is -2.72. The molecule has 0 saturated carbocycles. The molecule has 4 N–H and O–H groups in total. The molecule has 2 rings (SSSR count). The van der Waals surface area contributed by atoms with E-state index in [1.807, 2.05) is 0 Å². The Bertz CT molecular complexity index is 1120. The summed E-state index contributed by atoms with van der Waals surface area (Å²) in [6.07, 6.45) is -4.08. The highest BCUT2D eigenvalue weighted by atomic mass is 31.2. The lowest BCUT2D eigenvalue weighted by Gasteiger charge is -2.23. The van der Waals surface area contributed by atoms with Crippen molar-refractivity contribution in [2.24, 2.45) is 16.6 Å². The molecule has 0 unspecified atom stereocenters. The quantitative estimate of drug-likeness (QED) is 0.181. The maximum Gasteiger partial charge on any atom is 0.480 e. The van der Waals surface area contributed by atoms with Crippen LogP contribution in [0.5, 0.6) is 0 Å². The molecule has 1 aliphatic rings. The van der Waals surface area contributed by atoms with Crippen LogP contribution in [-0.4, -0.2) is 76.1 Å². The molecule has 39 heavy (non-hydrogen) atoms. The van der Waals surface area contributed by atoms with Gasteiger partial charge in [0, 0.05) is 12.4 Å². The first-order valence-corrected chi connectivity index (χ1v) is 13.1. The Morgan fingerprint density at radius 2 is 1.51 bits per heavy atom. The fraction of sp³-hybridized carbons (Fsp3) is 0.682. The smallest absolute Gasteiger partial charge is 0.437 e. The van der Waals surface area contributed by atoms with Crippen molar-refractivity contribution in [1.82, 2.24) is 9.55 Å². The highest BCUT2D eigenvalue weighted by Crippen LogP contribution is 2.50. The van der Waals surface area contributed by atoms with Gasteiger partial charge in [0.1, 0.15) is 18.3 Å². The van der Waals surface area contributed by atoms with Gasteiger partial charge in [-0.15, -0.1) is 0 Å². The number of carbonyl (C=O) groups excluding carboxylic acids is 3. The van der Waals surface area contributed by atoms with Crippen LogP contribution in [0, 0.1) is 10.8 Å². The third kappa shape index (κ3) is 8.63. The highest BCUT2D eigenvalue weighted by molar-refractivity contribution is 7.48. The summed E-state index contributed by atoms with van der Waals surface area (Å²) >= 11 is 0. The number of amides is 1. The Morgan fingerprint density at radius 1 is 1.00 bits per heavy atom. The fourth-order valence-corrected chi connectivity index (χ4v) is 3.81. The summed E-state index contributed by atoms with van der Waals surface area (Å²) in [5, 5.41) is 20.9. The summed E-state index contributed by atoms with van der Waals surface area (Å²) in [7, 11) is -4.62. The molecular weight excluding hydrogens is 545 g/mol. The van der Waals surface area contributed by atoms with E-state index in [-0.39, 0.29) is 0 Å². The number of phosphoric acid groups is 1. The Labute approximate surface area is 223 Å². The van der Waals surface area contributed by atoms with Gasteiger partial charge in [-0.3, -0.25) is 28.3 Å². The second-order valence-electron chi connectivity index (χ2n) is 10.5. The third-order valence-corrected chi connectivity index (χ3v) is 6.44. The lowest BCUT2D eigenvalue weighted by molar-refractivity contribution is -0.163. The summed E-state index contributed by atoms with van der Waals surface area (Å²) in [5.74, 6) is -2.49. The molecule has 0 spiro atoms. The van der Waals surface area contributed by atoms with Crippen LogP contribution in [0.1, 0.15) is 58.3 Å². The normalized spacial score (nSPS) is 21.9. The molecule has 220 valence electrons. The number of aliphatic hydroxyl groups excluding tert-OH is 2. The van der Waals surface area contributed by atoms with E-state index in [1.54, 1.807) is 41.5 Å². The second-order valence-corrected chi connectivity index (χ2v) is 12.2.